The van der Waals surface area contributed by atoms with Gasteiger partial charge in [-0.25, -0.2) is 4.39 Å². The van der Waals surface area contributed by atoms with Crippen LogP contribution in [0.5, 0.6) is 0 Å². The molecule has 0 radical (unpaired) electrons. The maximum absolute atomic E-state index is 13.5. The van der Waals surface area contributed by atoms with E-state index in [-0.39, 0.29) is 16.9 Å². The third-order valence-corrected chi connectivity index (χ3v) is 4.09. The summed E-state index contributed by atoms with van der Waals surface area (Å²) < 4.78 is 12.4. The van der Waals surface area contributed by atoms with Crippen molar-refractivity contribution in [1.82, 2.24) is 0 Å². The van der Waals surface area contributed by atoms with E-state index in [0.29, 0.717) is 0 Å². The van der Waals surface area contributed by atoms with Gasteiger partial charge in [0.2, 0.25) is 5.91 Å². The van der Waals surface area contributed by atoms with Crippen LogP contribution in [0.2, 0.25) is 0 Å². The number of nitrogens with one attached hydrogen (secondary N) is 1. The molecule has 1 amide bonds. The van der Waals surface area contributed by atoms with Crippen molar-refractivity contribution in [2.45, 2.75) is 11.7 Å². The molecule has 17 heavy (non-hydrogen) atoms. The predicted molar refractivity (Wildman–Crippen MR) is 62.6 cm³/mol. The fourth-order valence-corrected chi connectivity index (χ4v) is 2.51. The number of nitrogens with zero attached hydrogens (tertiary/aromatic N) is 1. The van der Waals surface area contributed by atoms with Crippen LogP contribution < -0.4 is 5.32 Å². The molecule has 1 heterocycles. The molecule has 90 valence electrons. The number of benzene rings is 1. The van der Waals surface area contributed by atoms with E-state index in [2.05, 4.69) is 5.32 Å². The molecule has 5 nitrogen and oxygen atoms in total. The van der Waals surface area contributed by atoms with Gasteiger partial charge in [-0.3, -0.25) is 14.9 Å². The Bertz CT molecular complexity index is 535. The van der Waals surface area contributed by atoms with Crippen molar-refractivity contribution in [1.29, 1.82) is 0 Å². The summed E-state index contributed by atoms with van der Waals surface area (Å²) in [5, 5.41) is 13.3. The maximum atomic E-state index is 13.5. The SMILES string of the molecule is CSC1(C)C(=O)Nc2c(F)ccc([N+](=O)[O-])c21. The molecule has 1 aromatic carbocycles. The molecule has 2 rings (SSSR count). The minimum absolute atomic E-state index is 0.0824. The predicted octanol–water partition coefficient (Wildman–Crippen LogP) is 2.26. The maximum Gasteiger partial charge on any atom is 0.276 e. The third-order valence-electron chi connectivity index (χ3n) is 2.89. The van der Waals surface area contributed by atoms with Crippen molar-refractivity contribution < 1.29 is 14.1 Å². The molecule has 0 saturated carbocycles. The Balaban J connectivity index is 2.79. The highest BCUT2D eigenvalue weighted by Crippen LogP contribution is 2.49. The van der Waals surface area contributed by atoms with Crippen molar-refractivity contribution in [3.63, 3.8) is 0 Å². The highest BCUT2D eigenvalue weighted by molar-refractivity contribution is 8.00. The summed E-state index contributed by atoms with van der Waals surface area (Å²) in [5.74, 6) is -1.09. The zero-order valence-corrected chi connectivity index (χ0v) is 9.93. The van der Waals surface area contributed by atoms with Gasteiger partial charge in [0.05, 0.1) is 16.2 Å². The van der Waals surface area contributed by atoms with Gasteiger partial charge < -0.3 is 5.32 Å². The number of halogens is 1. The molecule has 0 aliphatic carbocycles. The zero-order valence-electron chi connectivity index (χ0n) is 9.11. The van der Waals surface area contributed by atoms with Gasteiger partial charge >= 0.3 is 0 Å². The van der Waals surface area contributed by atoms with Crippen LogP contribution in [0.1, 0.15) is 12.5 Å². The Morgan fingerprint density at radius 3 is 2.71 bits per heavy atom. The lowest BCUT2D eigenvalue weighted by Crippen LogP contribution is -2.27. The minimum Gasteiger partial charge on any atom is -0.322 e. The summed E-state index contributed by atoms with van der Waals surface area (Å²) in [6.07, 6.45) is 1.66. The van der Waals surface area contributed by atoms with Crippen molar-refractivity contribution in [3.8, 4) is 0 Å². The fraction of sp³-hybridized carbons (Fsp3) is 0.300. The number of fused-ring (bicyclic) bond motifs is 1. The van der Waals surface area contributed by atoms with Crippen LogP contribution in [-0.2, 0) is 9.54 Å². The molecule has 7 heteroatoms. The number of anilines is 1. The Labute approximate surface area is 101 Å². The van der Waals surface area contributed by atoms with E-state index in [1.165, 1.54) is 0 Å². The third kappa shape index (κ3) is 1.49. The quantitative estimate of drug-likeness (QED) is 0.650. The van der Waals surface area contributed by atoms with Crippen LogP contribution in [-0.4, -0.2) is 17.1 Å². The number of amides is 1. The number of hydrogen-bond acceptors (Lipinski definition) is 4. The van der Waals surface area contributed by atoms with Gasteiger partial charge in [-0.05, 0) is 19.2 Å². The summed E-state index contributed by atoms with van der Waals surface area (Å²) in [5.41, 5.74) is -0.211. The topological polar surface area (TPSA) is 72.2 Å². The molecule has 0 fully saturated rings. The minimum atomic E-state index is -1.13. The van der Waals surface area contributed by atoms with Crippen LogP contribution in [0.4, 0.5) is 15.8 Å². The van der Waals surface area contributed by atoms with Crippen molar-refractivity contribution in [3.05, 3.63) is 33.6 Å². The van der Waals surface area contributed by atoms with Gasteiger partial charge in [-0.1, -0.05) is 0 Å². The number of hydrogen-bond donors (Lipinski definition) is 1. The molecule has 0 bridgehead atoms. The van der Waals surface area contributed by atoms with Gasteiger partial charge in [0.15, 0.2) is 0 Å². The van der Waals surface area contributed by atoms with Crippen LogP contribution in [0.15, 0.2) is 12.1 Å². The number of nitro benzene ring substituents is 1. The fourth-order valence-electron chi connectivity index (χ4n) is 1.86. The number of rotatable bonds is 2. The second-order valence-electron chi connectivity index (χ2n) is 3.77. The number of carbonyl (C=O) groups is 1. The van der Waals surface area contributed by atoms with Gasteiger partial charge in [-0.15, -0.1) is 11.8 Å². The van der Waals surface area contributed by atoms with Gasteiger partial charge in [0.1, 0.15) is 10.6 Å². The molecule has 1 atom stereocenters. The second-order valence-corrected chi connectivity index (χ2v) is 4.99. The largest absolute Gasteiger partial charge is 0.322 e. The zero-order chi connectivity index (χ0) is 12.8. The smallest absolute Gasteiger partial charge is 0.276 e. The first-order chi connectivity index (χ1) is 7.91. The second kappa shape index (κ2) is 3.69. The van der Waals surface area contributed by atoms with Gasteiger partial charge in [0.25, 0.3) is 5.69 Å². The van der Waals surface area contributed by atoms with Crippen LogP contribution in [0.25, 0.3) is 0 Å². The van der Waals surface area contributed by atoms with E-state index in [4.69, 9.17) is 0 Å². The number of nitro groups is 1. The molecular formula is C10H9FN2O3S. The molecule has 1 N–H and O–H groups in total. The Kier molecular flexibility index (Phi) is 2.57. The van der Waals surface area contributed by atoms with E-state index >= 15 is 0 Å². The molecule has 0 aromatic heterocycles. The molecular weight excluding hydrogens is 247 g/mol. The molecule has 0 saturated heterocycles. The molecule has 1 unspecified atom stereocenters. The van der Waals surface area contributed by atoms with Crippen LogP contribution >= 0.6 is 11.8 Å². The van der Waals surface area contributed by atoms with Crippen LogP contribution in [0, 0.1) is 15.9 Å². The first-order valence-corrected chi connectivity index (χ1v) is 5.98. The molecule has 1 aliphatic rings. The van der Waals surface area contributed by atoms with E-state index in [9.17, 15) is 19.3 Å². The monoisotopic (exact) mass is 256 g/mol. The van der Waals surface area contributed by atoms with Crippen LogP contribution in [0.3, 0.4) is 0 Å². The summed E-state index contributed by atoms with van der Waals surface area (Å²) in [6, 6.07) is 2.08. The first-order valence-electron chi connectivity index (χ1n) is 4.75. The first kappa shape index (κ1) is 11.8. The molecule has 1 aliphatic heterocycles. The summed E-state index contributed by atoms with van der Waals surface area (Å²) in [7, 11) is 0. The van der Waals surface area contributed by atoms with Gasteiger partial charge in [-0.2, -0.15) is 0 Å². The molecule has 1 aromatic rings. The summed E-state index contributed by atoms with van der Waals surface area (Å²) >= 11 is 1.14. The highest BCUT2D eigenvalue weighted by atomic mass is 32.2. The average molecular weight is 256 g/mol. The normalized spacial score (nSPS) is 22.2. The number of carbonyl (C=O) groups excluding carboxylic acids is 1. The summed E-state index contributed by atoms with van der Waals surface area (Å²) in [4.78, 5) is 22.1. The van der Waals surface area contributed by atoms with E-state index in [1.807, 2.05) is 0 Å². The lowest BCUT2D eigenvalue weighted by Gasteiger charge is -2.18. The Morgan fingerprint density at radius 2 is 2.18 bits per heavy atom. The lowest BCUT2D eigenvalue weighted by atomic mass is 9.99. The highest BCUT2D eigenvalue weighted by Gasteiger charge is 2.48. The van der Waals surface area contributed by atoms with Crippen molar-refractivity contribution in [2.24, 2.45) is 0 Å². The van der Waals surface area contributed by atoms with E-state index in [1.54, 1.807) is 13.2 Å². The van der Waals surface area contributed by atoms with Crippen molar-refractivity contribution in [2.75, 3.05) is 11.6 Å². The Morgan fingerprint density at radius 1 is 1.53 bits per heavy atom. The van der Waals surface area contributed by atoms with Gasteiger partial charge in [0, 0.05) is 6.07 Å². The summed E-state index contributed by atoms with van der Waals surface area (Å²) in [6.45, 7) is 1.55. The van der Waals surface area contributed by atoms with E-state index < -0.39 is 21.4 Å². The number of thioether (sulfide) groups is 1. The van der Waals surface area contributed by atoms with Crippen molar-refractivity contribution >= 4 is 29.0 Å². The average Bonchev–Trinajstić information content (AvgIpc) is 2.55. The Hall–Kier alpha value is -1.63. The molecule has 0 spiro atoms. The lowest BCUT2D eigenvalue weighted by molar-refractivity contribution is -0.385. The standard InChI is InChI=1S/C10H9FN2O3S/c1-10(17-2)7-6(13(15)16)4-3-5(11)8(7)12-9(10)14/h3-4H,1-2H3,(H,12,14). The van der Waals surface area contributed by atoms with E-state index in [0.717, 1.165) is 23.9 Å².